The maximum atomic E-state index is 13.3. The van der Waals surface area contributed by atoms with Gasteiger partial charge in [0.25, 0.3) is 0 Å². The lowest BCUT2D eigenvalue weighted by molar-refractivity contribution is 0.585. The van der Waals surface area contributed by atoms with Gasteiger partial charge in [0.05, 0.1) is 0 Å². The van der Waals surface area contributed by atoms with Gasteiger partial charge in [-0.25, -0.2) is 8.78 Å². The van der Waals surface area contributed by atoms with E-state index in [-0.39, 0.29) is 0 Å². The number of benzene rings is 1. The maximum Gasteiger partial charge on any atom is 0.133 e. The topological polar surface area (TPSA) is 12.9 Å². The summed E-state index contributed by atoms with van der Waals surface area (Å²) in [5.74, 6) is -1.15. The highest BCUT2D eigenvalue weighted by Gasteiger charge is 2.05. The van der Waals surface area contributed by atoms with E-state index in [0.29, 0.717) is 11.1 Å². The Bertz CT molecular complexity index is 440. The zero-order chi connectivity index (χ0) is 9.97. The number of nitrogens with zero attached hydrogens (tertiary/aromatic N) is 1. The second-order valence-electron chi connectivity index (χ2n) is 2.87. The summed E-state index contributed by atoms with van der Waals surface area (Å²) in [6.45, 7) is 0. The fourth-order valence-electron chi connectivity index (χ4n) is 1.25. The number of pyridine rings is 1. The average Bonchev–Trinajstić information content (AvgIpc) is 2.19. The van der Waals surface area contributed by atoms with E-state index in [9.17, 15) is 8.78 Å². The molecule has 0 spiro atoms. The highest BCUT2D eigenvalue weighted by Crippen LogP contribution is 2.21. The standard InChI is InChI=1S/C11H7F2N/c12-9-3-4-10(11(13)6-9)8-2-1-5-14-7-8/h1-7H. The first-order chi connectivity index (χ1) is 6.77. The first-order valence-electron chi connectivity index (χ1n) is 4.13. The second kappa shape index (κ2) is 3.54. The molecular formula is C11H7F2N. The minimum atomic E-state index is -0.574. The number of halogens is 2. The van der Waals surface area contributed by atoms with Crippen LogP contribution in [0.4, 0.5) is 8.78 Å². The maximum absolute atomic E-state index is 13.3. The van der Waals surface area contributed by atoms with E-state index in [1.54, 1.807) is 18.3 Å². The van der Waals surface area contributed by atoms with Crippen molar-refractivity contribution in [2.24, 2.45) is 0 Å². The van der Waals surface area contributed by atoms with Gasteiger partial charge in [-0.15, -0.1) is 0 Å². The molecule has 0 fully saturated rings. The number of aromatic nitrogens is 1. The Balaban J connectivity index is 2.53. The summed E-state index contributed by atoms with van der Waals surface area (Å²) < 4.78 is 25.9. The van der Waals surface area contributed by atoms with Crippen LogP contribution < -0.4 is 0 Å². The van der Waals surface area contributed by atoms with E-state index in [1.165, 1.54) is 18.3 Å². The van der Waals surface area contributed by atoms with Gasteiger partial charge in [-0.05, 0) is 18.2 Å². The summed E-state index contributed by atoms with van der Waals surface area (Å²) in [7, 11) is 0. The van der Waals surface area contributed by atoms with Crippen LogP contribution in [0.25, 0.3) is 11.1 Å². The molecule has 0 atom stereocenters. The Morgan fingerprint density at radius 2 is 1.93 bits per heavy atom. The fourth-order valence-corrected chi connectivity index (χ4v) is 1.25. The second-order valence-corrected chi connectivity index (χ2v) is 2.87. The summed E-state index contributed by atoms with van der Waals surface area (Å²) >= 11 is 0. The van der Waals surface area contributed by atoms with Crippen molar-refractivity contribution >= 4 is 0 Å². The molecule has 0 saturated heterocycles. The quantitative estimate of drug-likeness (QED) is 0.675. The third-order valence-electron chi connectivity index (χ3n) is 1.90. The molecule has 0 radical (unpaired) electrons. The van der Waals surface area contributed by atoms with Crippen molar-refractivity contribution in [2.75, 3.05) is 0 Å². The highest BCUT2D eigenvalue weighted by molar-refractivity contribution is 5.62. The van der Waals surface area contributed by atoms with Crippen LogP contribution in [0.2, 0.25) is 0 Å². The van der Waals surface area contributed by atoms with Gasteiger partial charge in [-0.2, -0.15) is 0 Å². The molecule has 0 saturated carbocycles. The molecule has 0 amide bonds. The third-order valence-corrected chi connectivity index (χ3v) is 1.90. The molecular weight excluding hydrogens is 184 g/mol. The van der Waals surface area contributed by atoms with Gasteiger partial charge in [-0.1, -0.05) is 6.07 Å². The van der Waals surface area contributed by atoms with Crippen molar-refractivity contribution in [3.8, 4) is 11.1 Å². The lowest BCUT2D eigenvalue weighted by atomic mass is 10.1. The highest BCUT2D eigenvalue weighted by atomic mass is 19.1. The molecule has 1 heterocycles. The SMILES string of the molecule is Fc1ccc(-c2cccnc2)c(F)c1. The molecule has 0 unspecified atom stereocenters. The third kappa shape index (κ3) is 1.62. The molecule has 1 aromatic carbocycles. The minimum Gasteiger partial charge on any atom is -0.264 e. The first kappa shape index (κ1) is 8.81. The molecule has 0 aliphatic heterocycles. The van der Waals surface area contributed by atoms with Gasteiger partial charge in [0.2, 0.25) is 0 Å². The first-order valence-corrected chi connectivity index (χ1v) is 4.13. The number of rotatable bonds is 1. The largest absolute Gasteiger partial charge is 0.264 e. The van der Waals surface area contributed by atoms with Crippen LogP contribution in [0.15, 0.2) is 42.7 Å². The lowest BCUT2D eigenvalue weighted by Gasteiger charge is -2.01. The molecule has 0 N–H and O–H groups in total. The molecule has 2 aromatic rings. The zero-order valence-electron chi connectivity index (χ0n) is 7.24. The molecule has 0 aliphatic carbocycles. The van der Waals surface area contributed by atoms with E-state index in [4.69, 9.17) is 0 Å². The molecule has 70 valence electrons. The lowest BCUT2D eigenvalue weighted by Crippen LogP contribution is -1.86. The normalized spacial score (nSPS) is 10.1. The summed E-state index contributed by atoms with van der Waals surface area (Å²) in [5.41, 5.74) is 1.00. The van der Waals surface area contributed by atoms with Crippen LogP contribution in [-0.4, -0.2) is 4.98 Å². The molecule has 0 aliphatic rings. The number of hydrogen-bond acceptors (Lipinski definition) is 1. The van der Waals surface area contributed by atoms with E-state index in [1.807, 2.05) is 0 Å². The minimum absolute atomic E-state index is 0.361. The van der Waals surface area contributed by atoms with E-state index < -0.39 is 11.6 Å². The van der Waals surface area contributed by atoms with Gasteiger partial charge in [-0.3, -0.25) is 4.98 Å². The van der Waals surface area contributed by atoms with E-state index in [2.05, 4.69) is 4.98 Å². The van der Waals surface area contributed by atoms with Crippen molar-refractivity contribution in [1.82, 2.24) is 4.98 Å². The fraction of sp³-hybridized carbons (Fsp3) is 0. The van der Waals surface area contributed by atoms with Gasteiger partial charge in [0, 0.05) is 29.6 Å². The number of hydrogen-bond donors (Lipinski definition) is 0. The van der Waals surface area contributed by atoms with Gasteiger partial charge >= 0.3 is 0 Å². The summed E-state index contributed by atoms with van der Waals surface area (Å²) in [6, 6.07) is 6.93. The Morgan fingerprint density at radius 3 is 2.57 bits per heavy atom. The van der Waals surface area contributed by atoms with Crippen molar-refractivity contribution < 1.29 is 8.78 Å². The summed E-state index contributed by atoms with van der Waals surface area (Å²) in [5, 5.41) is 0. The summed E-state index contributed by atoms with van der Waals surface area (Å²) in [6.07, 6.45) is 3.14. The van der Waals surface area contributed by atoms with Crippen LogP contribution in [0.1, 0.15) is 0 Å². The Labute approximate surface area is 80.0 Å². The van der Waals surface area contributed by atoms with Gasteiger partial charge < -0.3 is 0 Å². The molecule has 3 heteroatoms. The summed E-state index contributed by atoms with van der Waals surface area (Å²) in [4.78, 5) is 3.86. The van der Waals surface area contributed by atoms with Gasteiger partial charge in [0.15, 0.2) is 0 Å². The van der Waals surface area contributed by atoms with E-state index in [0.717, 1.165) is 6.07 Å². The Kier molecular flexibility index (Phi) is 2.23. The van der Waals surface area contributed by atoms with Crippen LogP contribution in [0, 0.1) is 11.6 Å². The molecule has 1 nitrogen and oxygen atoms in total. The van der Waals surface area contributed by atoms with Crippen molar-refractivity contribution in [2.45, 2.75) is 0 Å². The zero-order valence-corrected chi connectivity index (χ0v) is 7.24. The predicted molar refractivity (Wildman–Crippen MR) is 49.6 cm³/mol. The van der Waals surface area contributed by atoms with Crippen molar-refractivity contribution in [3.05, 3.63) is 54.4 Å². The van der Waals surface area contributed by atoms with Crippen LogP contribution in [0.3, 0.4) is 0 Å². The van der Waals surface area contributed by atoms with Crippen molar-refractivity contribution in [1.29, 1.82) is 0 Å². The smallest absolute Gasteiger partial charge is 0.133 e. The average molecular weight is 191 g/mol. The van der Waals surface area contributed by atoms with Crippen molar-refractivity contribution in [3.63, 3.8) is 0 Å². The molecule has 0 bridgehead atoms. The van der Waals surface area contributed by atoms with Crippen LogP contribution >= 0.6 is 0 Å². The molecule has 2 rings (SSSR count). The van der Waals surface area contributed by atoms with Crippen LogP contribution in [0.5, 0.6) is 0 Å². The predicted octanol–water partition coefficient (Wildman–Crippen LogP) is 3.03. The van der Waals surface area contributed by atoms with Gasteiger partial charge in [0.1, 0.15) is 11.6 Å². The molecule has 14 heavy (non-hydrogen) atoms. The van der Waals surface area contributed by atoms with E-state index >= 15 is 0 Å². The Hall–Kier alpha value is -1.77. The monoisotopic (exact) mass is 191 g/mol. The Morgan fingerprint density at radius 1 is 1.07 bits per heavy atom. The molecule has 1 aromatic heterocycles. The van der Waals surface area contributed by atoms with Crippen LogP contribution in [-0.2, 0) is 0 Å².